The fraction of sp³-hybridized carbons (Fsp3) is 0.304. The zero-order valence-electron chi connectivity index (χ0n) is 17.9. The van der Waals surface area contributed by atoms with E-state index in [9.17, 15) is 4.79 Å². The van der Waals surface area contributed by atoms with Crippen LogP contribution in [-0.2, 0) is 4.74 Å². The van der Waals surface area contributed by atoms with Gasteiger partial charge in [-0.25, -0.2) is 10.4 Å². The molecule has 164 valence electrons. The lowest BCUT2D eigenvalue weighted by atomic mass is 10.0. The minimum absolute atomic E-state index is 0.123. The van der Waals surface area contributed by atoms with Gasteiger partial charge in [0.1, 0.15) is 11.8 Å². The Morgan fingerprint density at radius 2 is 2.06 bits per heavy atom. The van der Waals surface area contributed by atoms with Gasteiger partial charge in [0.15, 0.2) is 5.82 Å². The Hall–Kier alpha value is -3.30. The van der Waals surface area contributed by atoms with Crippen molar-refractivity contribution in [1.82, 2.24) is 9.97 Å². The van der Waals surface area contributed by atoms with Crippen molar-refractivity contribution < 1.29 is 9.15 Å². The fourth-order valence-electron chi connectivity index (χ4n) is 3.66. The highest BCUT2D eigenvalue weighted by Crippen LogP contribution is 2.30. The van der Waals surface area contributed by atoms with Gasteiger partial charge < -0.3 is 14.1 Å². The first kappa shape index (κ1) is 20.6. The summed E-state index contributed by atoms with van der Waals surface area (Å²) in [6, 6.07) is 7.67. The Bertz CT molecular complexity index is 1360. The molecule has 1 fully saturated rings. The number of benzene rings is 1. The molecule has 1 N–H and O–H groups in total. The molecule has 0 aliphatic carbocycles. The second kappa shape index (κ2) is 8.68. The molecule has 0 bridgehead atoms. The van der Waals surface area contributed by atoms with Crippen LogP contribution in [-0.4, -0.2) is 42.5 Å². The summed E-state index contributed by atoms with van der Waals surface area (Å²) >= 11 is 1.62. The average molecular weight is 450 g/mol. The molecule has 1 aromatic carbocycles. The van der Waals surface area contributed by atoms with E-state index in [4.69, 9.17) is 9.15 Å². The molecule has 4 heterocycles. The van der Waals surface area contributed by atoms with Crippen LogP contribution in [0.2, 0.25) is 0 Å². The third kappa shape index (κ3) is 3.96. The van der Waals surface area contributed by atoms with Crippen molar-refractivity contribution in [2.24, 2.45) is 5.10 Å². The highest BCUT2D eigenvalue weighted by molar-refractivity contribution is 7.17. The van der Waals surface area contributed by atoms with Gasteiger partial charge in [-0.2, -0.15) is 10.1 Å². The molecule has 9 heteroatoms. The van der Waals surface area contributed by atoms with Gasteiger partial charge >= 0.3 is 0 Å². The lowest BCUT2D eigenvalue weighted by Crippen LogP contribution is -2.36. The van der Waals surface area contributed by atoms with Crippen LogP contribution in [0, 0.1) is 0 Å². The number of nitrogens with zero attached hydrogens (tertiary/aromatic N) is 4. The lowest BCUT2D eigenvalue weighted by molar-refractivity contribution is 0.122. The summed E-state index contributed by atoms with van der Waals surface area (Å²) in [6.45, 7) is 7.09. The first-order valence-corrected chi connectivity index (χ1v) is 11.4. The van der Waals surface area contributed by atoms with Crippen LogP contribution >= 0.6 is 11.3 Å². The summed E-state index contributed by atoms with van der Waals surface area (Å²) in [6.07, 6.45) is 2.87. The molecule has 0 amide bonds. The van der Waals surface area contributed by atoms with Crippen LogP contribution in [0.25, 0.3) is 21.2 Å². The van der Waals surface area contributed by atoms with E-state index in [0.29, 0.717) is 41.6 Å². The molecule has 4 aromatic rings. The normalized spacial score (nSPS) is 14.8. The van der Waals surface area contributed by atoms with Gasteiger partial charge in [-0.05, 0) is 35.1 Å². The second-order valence-electron chi connectivity index (χ2n) is 7.91. The molecule has 1 saturated heterocycles. The van der Waals surface area contributed by atoms with Gasteiger partial charge in [0.2, 0.25) is 11.4 Å². The zero-order valence-corrected chi connectivity index (χ0v) is 18.7. The average Bonchev–Trinajstić information content (AvgIpc) is 3.29. The molecule has 8 nitrogen and oxygen atoms in total. The first-order chi connectivity index (χ1) is 15.6. The molecule has 1 aliphatic rings. The Morgan fingerprint density at radius 3 is 2.88 bits per heavy atom. The highest BCUT2D eigenvalue weighted by atomic mass is 32.1. The van der Waals surface area contributed by atoms with Crippen molar-refractivity contribution >= 4 is 50.5 Å². The molecule has 0 radical (unpaired) electrons. The standard InChI is InChI=1S/C23H23N5O3S/c1-14(2)15-3-4-19-17(11-15)20(29)16(13-31-19)12-24-27-23-25-18-5-10-32-21(18)22(26-23)28-6-8-30-9-7-28/h3-5,10-14H,6-9H2,1-2H3,(H,25,26,27)/b24-12+. The third-order valence-corrected chi connectivity index (χ3v) is 6.35. The molecule has 5 rings (SSSR count). The largest absolute Gasteiger partial charge is 0.463 e. The van der Waals surface area contributed by atoms with Crippen LogP contribution < -0.4 is 15.8 Å². The molecule has 0 saturated carbocycles. The number of nitrogens with one attached hydrogen (secondary N) is 1. The van der Waals surface area contributed by atoms with E-state index >= 15 is 0 Å². The monoisotopic (exact) mass is 449 g/mol. The summed E-state index contributed by atoms with van der Waals surface area (Å²) in [4.78, 5) is 24.3. The molecule has 3 aromatic heterocycles. The van der Waals surface area contributed by atoms with Gasteiger partial charge in [-0.3, -0.25) is 4.79 Å². The van der Waals surface area contributed by atoms with Gasteiger partial charge in [-0.15, -0.1) is 11.3 Å². The summed E-state index contributed by atoms with van der Waals surface area (Å²) in [5.74, 6) is 1.57. The van der Waals surface area contributed by atoms with Crippen LogP contribution in [0.4, 0.5) is 11.8 Å². The number of ether oxygens (including phenoxy) is 1. The molecule has 32 heavy (non-hydrogen) atoms. The molecule has 0 unspecified atom stereocenters. The van der Waals surface area contributed by atoms with Crippen molar-refractivity contribution in [2.75, 3.05) is 36.6 Å². The van der Waals surface area contributed by atoms with Gasteiger partial charge in [0, 0.05) is 13.1 Å². The SMILES string of the molecule is CC(C)c1ccc2occ(/C=N/Nc3nc(N4CCOCC4)c4sccc4n3)c(=O)c2c1. The quantitative estimate of drug-likeness (QED) is 0.360. The third-order valence-electron chi connectivity index (χ3n) is 5.45. The number of hydrazone groups is 1. The van der Waals surface area contributed by atoms with Crippen LogP contribution in [0.1, 0.15) is 30.9 Å². The Balaban J connectivity index is 1.43. The van der Waals surface area contributed by atoms with E-state index < -0.39 is 0 Å². The number of rotatable bonds is 5. The number of morpholine rings is 1. The number of anilines is 2. The van der Waals surface area contributed by atoms with Crippen molar-refractivity contribution in [2.45, 2.75) is 19.8 Å². The maximum atomic E-state index is 12.9. The number of hydrogen-bond acceptors (Lipinski definition) is 9. The Labute approximate surface area is 188 Å². The van der Waals surface area contributed by atoms with E-state index in [0.717, 1.165) is 34.7 Å². The lowest BCUT2D eigenvalue weighted by Gasteiger charge is -2.28. The molecular formula is C23H23N5O3S. The van der Waals surface area contributed by atoms with Gasteiger partial charge in [-0.1, -0.05) is 19.9 Å². The number of aromatic nitrogens is 2. The molecule has 0 spiro atoms. The van der Waals surface area contributed by atoms with Crippen LogP contribution in [0.5, 0.6) is 0 Å². The number of hydrogen-bond donors (Lipinski definition) is 1. The van der Waals surface area contributed by atoms with Gasteiger partial charge in [0.05, 0.1) is 40.6 Å². The van der Waals surface area contributed by atoms with E-state index in [-0.39, 0.29) is 5.43 Å². The highest BCUT2D eigenvalue weighted by Gasteiger charge is 2.18. The molecular weight excluding hydrogens is 426 g/mol. The van der Waals surface area contributed by atoms with E-state index in [1.54, 1.807) is 11.3 Å². The number of fused-ring (bicyclic) bond motifs is 2. The van der Waals surface area contributed by atoms with Crippen molar-refractivity contribution in [3.63, 3.8) is 0 Å². The zero-order chi connectivity index (χ0) is 22.1. The van der Waals surface area contributed by atoms with E-state index in [1.165, 1.54) is 12.5 Å². The van der Waals surface area contributed by atoms with Crippen molar-refractivity contribution in [3.8, 4) is 0 Å². The minimum Gasteiger partial charge on any atom is -0.463 e. The Morgan fingerprint density at radius 1 is 1.22 bits per heavy atom. The van der Waals surface area contributed by atoms with Gasteiger partial charge in [0.25, 0.3) is 0 Å². The first-order valence-electron chi connectivity index (χ1n) is 10.5. The van der Waals surface area contributed by atoms with Crippen molar-refractivity contribution in [3.05, 3.63) is 57.3 Å². The summed E-state index contributed by atoms with van der Waals surface area (Å²) in [5.41, 5.74) is 5.61. The van der Waals surface area contributed by atoms with Crippen molar-refractivity contribution in [1.29, 1.82) is 0 Å². The van der Waals surface area contributed by atoms with Crippen LogP contribution in [0.3, 0.4) is 0 Å². The molecule has 0 atom stereocenters. The minimum atomic E-state index is -0.123. The Kier molecular flexibility index (Phi) is 5.59. The maximum Gasteiger partial charge on any atom is 0.246 e. The molecule has 1 aliphatic heterocycles. The fourth-order valence-corrected chi connectivity index (χ4v) is 4.51. The summed E-state index contributed by atoms with van der Waals surface area (Å²) in [5, 5.41) is 6.76. The second-order valence-corrected chi connectivity index (χ2v) is 8.82. The van der Waals surface area contributed by atoms with Crippen LogP contribution in [0.15, 0.2) is 50.2 Å². The summed E-state index contributed by atoms with van der Waals surface area (Å²) in [7, 11) is 0. The number of thiophene rings is 1. The predicted octanol–water partition coefficient (Wildman–Crippen LogP) is 4.20. The maximum absolute atomic E-state index is 12.9. The topological polar surface area (TPSA) is 92.8 Å². The summed E-state index contributed by atoms with van der Waals surface area (Å²) < 4.78 is 12.1. The van der Waals surface area contributed by atoms with E-state index in [1.807, 2.05) is 29.6 Å². The van der Waals surface area contributed by atoms with E-state index in [2.05, 4.69) is 39.2 Å². The smallest absolute Gasteiger partial charge is 0.246 e. The predicted molar refractivity (Wildman–Crippen MR) is 128 cm³/mol.